The molecular weight excluding hydrogens is 305 g/mol. The van der Waals surface area contributed by atoms with E-state index in [1.54, 1.807) is 23.7 Å². The molecule has 114 valence electrons. The van der Waals surface area contributed by atoms with Crippen molar-refractivity contribution in [3.05, 3.63) is 51.6 Å². The second kappa shape index (κ2) is 5.57. The Hall–Kier alpha value is -2.15. The highest BCUT2D eigenvalue weighted by Crippen LogP contribution is 2.35. The van der Waals surface area contributed by atoms with Crippen LogP contribution in [0.1, 0.15) is 23.5 Å². The Labute approximate surface area is 130 Å². The fourth-order valence-corrected chi connectivity index (χ4v) is 3.27. The minimum atomic E-state index is -0.485. The minimum absolute atomic E-state index is 0.103. The molecule has 0 aliphatic carbocycles. The van der Waals surface area contributed by atoms with E-state index in [1.807, 2.05) is 6.26 Å². The van der Waals surface area contributed by atoms with Gasteiger partial charge in [0.2, 0.25) is 5.91 Å². The van der Waals surface area contributed by atoms with Crippen LogP contribution in [-0.4, -0.2) is 21.7 Å². The Balaban J connectivity index is 2.24. The predicted octanol–water partition coefficient (Wildman–Crippen LogP) is 2.12. The van der Waals surface area contributed by atoms with Crippen LogP contribution < -0.4 is 10.9 Å². The zero-order chi connectivity index (χ0) is 15.9. The van der Waals surface area contributed by atoms with Crippen LogP contribution in [0.4, 0.5) is 10.2 Å². The van der Waals surface area contributed by atoms with E-state index in [2.05, 4.69) is 10.3 Å². The predicted molar refractivity (Wildman–Crippen MR) is 82.7 cm³/mol. The Morgan fingerprint density at radius 1 is 1.41 bits per heavy atom. The van der Waals surface area contributed by atoms with Crippen LogP contribution in [-0.2, 0) is 11.8 Å². The molecule has 1 aromatic carbocycles. The minimum Gasteiger partial charge on any atom is -0.312 e. The highest BCUT2D eigenvalue weighted by atomic mass is 32.2. The van der Waals surface area contributed by atoms with E-state index in [0.717, 1.165) is 0 Å². The molecule has 0 saturated heterocycles. The molecule has 0 spiro atoms. The van der Waals surface area contributed by atoms with Gasteiger partial charge in [-0.25, -0.2) is 4.39 Å². The van der Waals surface area contributed by atoms with Crippen molar-refractivity contribution in [2.75, 3.05) is 11.6 Å². The molecule has 2 aromatic rings. The van der Waals surface area contributed by atoms with Gasteiger partial charge in [0.05, 0.1) is 5.56 Å². The van der Waals surface area contributed by atoms with Gasteiger partial charge < -0.3 is 9.88 Å². The van der Waals surface area contributed by atoms with Crippen molar-refractivity contribution in [2.45, 2.75) is 17.5 Å². The third kappa shape index (κ3) is 2.41. The number of hydrogen-bond donors (Lipinski definition) is 1. The Morgan fingerprint density at radius 3 is 2.86 bits per heavy atom. The maximum absolute atomic E-state index is 13.5. The van der Waals surface area contributed by atoms with Crippen LogP contribution in [0.3, 0.4) is 0 Å². The summed E-state index contributed by atoms with van der Waals surface area (Å²) in [5.41, 5.74) is 0.629. The van der Waals surface area contributed by atoms with Gasteiger partial charge in [0.1, 0.15) is 11.6 Å². The summed E-state index contributed by atoms with van der Waals surface area (Å²) in [5.74, 6) is -0.637. The molecule has 1 amide bonds. The van der Waals surface area contributed by atoms with Crippen molar-refractivity contribution in [3.63, 3.8) is 0 Å². The van der Waals surface area contributed by atoms with Crippen molar-refractivity contribution < 1.29 is 9.18 Å². The second-order valence-electron chi connectivity index (χ2n) is 5.08. The van der Waals surface area contributed by atoms with E-state index >= 15 is 0 Å². The van der Waals surface area contributed by atoms with Crippen LogP contribution in [0.25, 0.3) is 0 Å². The van der Waals surface area contributed by atoms with E-state index in [9.17, 15) is 14.0 Å². The van der Waals surface area contributed by atoms with Crippen molar-refractivity contribution in [3.8, 4) is 0 Å². The van der Waals surface area contributed by atoms with Crippen molar-refractivity contribution in [2.24, 2.45) is 7.05 Å². The van der Waals surface area contributed by atoms with Gasteiger partial charge in [0, 0.05) is 19.4 Å². The van der Waals surface area contributed by atoms with Crippen molar-refractivity contribution in [1.29, 1.82) is 0 Å². The monoisotopic (exact) mass is 319 g/mol. The summed E-state index contributed by atoms with van der Waals surface area (Å²) in [7, 11) is 1.74. The zero-order valence-corrected chi connectivity index (χ0v) is 12.9. The number of fused-ring (bicyclic) bond motifs is 1. The number of carbonyl (C=O) groups excluding carboxylic acids is 1. The first-order valence-electron chi connectivity index (χ1n) is 6.71. The van der Waals surface area contributed by atoms with Gasteiger partial charge in [-0.2, -0.15) is 4.98 Å². The molecule has 0 fully saturated rings. The lowest BCUT2D eigenvalue weighted by Gasteiger charge is -2.27. The molecule has 0 radical (unpaired) electrons. The highest BCUT2D eigenvalue weighted by molar-refractivity contribution is 7.98. The summed E-state index contributed by atoms with van der Waals surface area (Å²) in [4.78, 5) is 28.5. The summed E-state index contributed by atoms with van der Waals surface area (Å²) < 4.78 is 15.2. The Morgan fingerprint density at radius 2 is 2.18 bits per heavy atom. The fraction of sp³-hybridized carbons (Fsp3) is 0.267. The molecule has 0 saturated carbocycles. The first-order chi connectivity index (χ1) is 10.5. The summed E-state index contributed by atoms with van der Waals surface area (Å²) in [5, 5.41) is 3.25. The SMILES string of the molecule is CSc1nc(=O)c2c(n1C)NC(=O)C[C@H]2c1cccc(F)c1. The third-order valence-electron chi connectivity index (χ3n) is 3.73. The molecule has 1 aliphatic rings. The van der Waals surface area contributed by atoms with E-state index in [0.29, 0.717) is 22.1 Å². The smallest absolute Gasteiger partial charge is 0.279 e. The molecule has 0 unspecified atom stereocenters. The first kappa shape index (κ1) is 14.8. The van der Waals surface area contributed by atoms with Gasteiger partial charge in [0.25, 0.3) is 5.56 Å². The number of rotatable bonds is 2. The van der Waals surface area contributed by atoms with E-state index in [-0.39, 0.29) is 17.9 Å². The van der Waals surface area contributed by atoms with E-state index < -0.39 is 11.7 Å². The molecular formula is C15H14FN3O2S. The number of hydrogen-bond acceptors (Lipinski definition) is 4. The molecule has 3 rings (SSSR count). The summed E-state index contributed by atoms with van der Waals surface area (Å²) >= 11 is 1.32. The van der Waals surface area contributed by atoms with Crippen LogP contribution in [0.15, 0.2) is 34.2 Å². The lowest BCUT2D eigenvalue weighted by atomic mass is 9.87. The molecule has 5 nitrogen and oxygen atoms in total. The maximum atomic E-state index is 13.5. The van der Waals surface area contributed by atoms with Crippen molar-refractivity contribution >= 4 is 23.5 Å². The third-order valence-corrected chi connectivity index (χ3v) is 4.46. The number of anilines is 1. The fourth-order valence-electron chi connectivity index (χ4n) is 2.73. The number of nitrogens with zero attached hydrogens (tertiary/aromatic N) is 2. The summed E-state index contributed by atoms with van der Waals surface area (Å²) in [6.45, 7) is 0. The molecule has 22 heavy (non-hydrogen) atoms. The molecule has 1 N–H and O–H groups in total. The largest absolute Gasteiger partial charge is 0.312 e. The number of thioether (sulfide) groups is 1. The maximum Gasteiger partial charge on any atom is 0.279 e. The lowest BCUT2D eigenvalue weighted by molar-refractivity contribution is -0.116. The quantitative estimate of drug-likeness (QED) is 0.680. The van der Waals surface area contributed by atoms with Gasteiger partial charge >= 0.3 is 0 Å². The summed E-state index contributed by atoms with van der Waals surface area (Å²) in [6, 6.07) is 5.98. The van der Waals surface area contributed by atoms with Gasteiger partial charge in [-0.1, -0.05) is 23.9 Å². The molecule has 0 bridgehead atoms. The van der Waals surface area contributed by atoms with Gasteiger partial charge in [0.15, 0.2) is 5.16 Å². The first-order valence-corrected chi connectivity index (χ1v) is 7.94. The molecule has 1 aliphatic heterocycles. The van der Waals surface area contributed by atoms with Crippen LogP contribution in [0.5, 0.6) is 0 Å². The van der Waals surface area contributed by atoms with Crippen molar-refractivity contribution in [1.82, 2.24) is 9.55 Å². The molecule has 1 aromatic heterocycles. The number of benzene rings is 1. The van der Waals surface area contributed by atoms with Gasteiger partial charge in [-0.3, -0.25) is 9.59 Å². The van der Waals surface area contributed by atoms with E-state index in [1.165, 1.54) is 23.9 Å². The number of halogens is 1. The Kier molecular flexibility index (Phi) is 3.74. The Bertz CT molecular complexity index is 819. The van der Waals surface area contributed by atoms with Gasteiger partial charge in [-0.05, 0) is 24.0 Å². The second-order valence-corrected chi connectivity index (χ2v) is 5.86. The highest BCUT2D eigenvalue weighted by Gasteiger charge is 2.32. The van der Waals surface area contributed by atoms with Gasteiger partial charge in [-0.15, -0.1) is 0 Å². The normalized spacial score (nSPS) is 17.0. The summed E-state index contributed by atoms with van der Waals surface area (Å²) in [6.07, 6.45) is 1.91. The number of amides is 1. The van der Waals surface area contributed by atoms with E-state index in [4.69, 9.17) is 0 Å². The average Bonchev–Trinajstić information content (AvgIpc) is 2.50. The van der Waals surface area contributed by atoms with Crippen LogP contribution >= 0.6 is 11.8 Å². The number of nitrogens with one attached hydrogen (secondary N) is 1. The number of aromatic nitrogens is 2. The number of carbonyl (C=O) groups is 1. The molecule has 2 heterocycles. The topological polar surface area (TPSA) is 64.0 Å². The van der Waals surface area contributed by atoms with Crippen LogP contribution in [0.2, 0.25) is 0 Å². The molecule has 1 atom stereocenters. The average molecular weight is 319 g/mol. The standard InChI is InChI=1S/C15H14FN3O2S/c1-19-13-12(14(21)18-15(19)22-2)10(7-11(20)17-13)8-4-3-5-9(16)6-8/h3-6,10H,7H2,1-2H3,(H,17,20)/t10-/m0/s1. The zero-order valence-electron chi connectivity index (χ0n) is 12.1. The lowest BCUT2D eigenvalue weighted by Crippen LogP contribution is -2.33. The molecule has 7 heteroatoms. The van der Waals surface area contributed by atoms with Crippen LogP contribution in [0, 0.1) is 5.82 Å².